The lowest BCUT2D eigenvalue weighted by Gasteiger charge is -2.11. The molecule has 2 heterocycles. The summed E-state index contributed by atoms with van der Waals surface area (Å²) < 4.78 is 23.3. The van der Waals surface area contributed by atoms with Crippen LogP contribution in [0.4, 0.5) is 5.69 Å². The highest BCUT2D eigenvalue weighted by molar-refractivity contribution is 8.15. The first kappa shape index (κ1) is 19.5. The summed E-state index contributed by atoms with van der Waals surface area (Å²) in [5, 5.41) is 7.15. The Kier molecular flexibility index (Phi) is 6.14. The fourth-order valence-electron chi connectivity index (χ4n) is 2.97. The van der Waals surface area contributed by atoms with E-state index in [0.29, 0.717) is 28.0 Å². The summed E-state index contributed by atoms with van der Waals surface area (Å²) in [4.78, 5) is 16.7. The summed E-state index contributed by atoms with van der Waals surface area (Å²) in [5.74, 6) is 0.124. The van der Waals surface area contributed by atoms with Crippen LogP contribution in [0, 0.1) is 0 Å². The number of thioether (sulfide) groups is 1. The first-order valence-electron chi connectivity index (χ1n) is 8.67. The van der Waals surface area contributed by atoms with Crippen molar-refractivity contribution in [3.8, 4) is 0 Å². The van der Waals surface area contributed by atoms with Crippen LogP contribution in [-0.4, -0.2) is 48.8 Å². The summed E-state index contributed by atoms with van der Waals surface area (Å²) >= 11 is 7.66. The summed E-state index contributed by atoms with van der Waals surface area (Å²) in [5.41, 5.74) is 1.13. The number of nitrogens with one attached hydrogen (secondary N) is 2. The molecule has 3 rings (SSSR count). The normalized spacial score (nSPS) is 23.4. The molecule has 1 amide bonds. The van der Waals surface area contributed by atoms with Gasteiger partial charge in [0.2, 0.25) is 0 Å². The number of unbranched alkanes of at least 4 members (excludes halogenated alkanes) is 2. The van der Waals surface area contributed by atoms with Crippen LogP contribution in [-0.2, 0) is 9.84 Å². The molecule has 2 atom stereocenters. The Morgan fingerprint density at radius 1 is 1.35 bits per heavy atom. The molecule has 26 heavy (non-hydrogen) atoms. The molecule has 0 aromatic heterocycles. The third-order valence-corrected chi connectivity index (χ3v) is 7.83. The molecular weight excluding hydrogens is 394 g/mol. The van der Waals surface area contributed by atoms with Gasteiger partial charge in [0, 0.05) is 17.4 Å². The van der Waals surface area contributed by atoms with Crippen molar-refractivity contribution in [2.75, 3.05) is 23.4 Å². The number of halogens is 1. The largest absolute Gasteiger partial charge is 0.352 e. The molecule has 0 aliphatic carbocycles. The number of sulfone groups is 1. The predicted octanol–water partition coefficient (Wildman–Crippen LogP) is 2.94. The fourth-order valence-corrected chi connectivity index (χ4v) is 6.81. The van der Waals surface area contributed by atoms with Gasteiger partial charge < -0.3 is 10.6 Å². The van der Waals surface area contributed by atoms with E-state index < -0.39 is 9.84 Å². The Hall–Kier alpha value is -1.25. The van der Waals surface area contributed by atoms with Gasteiger partial charge in [0.25, 0.3) is 5.91 Å². The predicted molar refractivity (Wildman–Crippen MR) is 108 cm³/mol. The number of anilines is 1. The molecule has 1 aromatic carbocycles. The van der Waals surface area contributed by atoms with Gasteiger partial charge >= 0.3 is 0 Å². The number of fused-ring (bicyclic) bond motifs is 1. The molecule has 9 heteroatoms. The van der Waals surface area contributed by atoms with Crippen molar-refractivity contribution in [1.82, 2.24) is 5.32 Å². The van der Waals surface area contributed by atoms with E-state index >= 15 is 0 Å². The van der Waals surface area contributed by atoms with Crippen molar-refractivity contribution in [3.63, 3.8) is 0 Å². The van der Waals surface area contributed by atoms with Gasteiger partial charge in [0.15, 0.2) is 15.0 Å². The smallest absolute Gasteiger partial charge is 0.251 e. The van der Waals surface area contributed by atoms with Crippen LogP contribution in [0.25, 0.3) is 0 Å². The van der Waals surface area contributed by atoms with Gasteiger partial charge in [-0.1, -0.05) is 43.1 Å². The molecule has 0 unspecified atom stereocenters. The van der Waals surface area contributed by atoms with Crippen LogP contribution in [0.15, 0.2) is 23.2 Å². The molecule has 0 bridgehead atoms. The second-order valence-electron chi connectivity index (χ2n) is 6.52. The van der Waals surface area contributed by atoms with Crippen LogP contribution in [0.1, 0.15) is 36.5 Å². The molecule has 6 nitrogen and oxygen atoms in total. The monoisotopic (exact) mass is 415 g/mol. The van der Waals surface area contributed by atoms with Gasteiger partial charge in [-0.2, -0.15) is 0 Å². The minimum absolute atomic E-state index is 0.0358. The topological polar surface area (TPSA) is 87.6 Å². The number of carbonyl (C=O) groups excluding carboxylic acids is 1. The Morgan fingerprint density at radius 3 is 2.88 bits per heavy atom. The lowest BCUT2D eigenvalue weighted by Crippen LogP contribution is -2.24. The van der Waals surface area contributed by atoms with Crippen LogP contribution >= 0.6 is 23.4 Å². The van der Waals surface area contributed by atoms with E-state index in [-0.39, 0.29) is 28.7 Å². The quantitative estimate of drug-likeness (QED) is 0.697. The molecule has 142 valence electrons. The molecule has 0 saturated carbocycles. The Morgan fingerprint density at radius 2 is 2.15 bits per heavy atom. The highest BCUT2D eigenvalue weighted by Crippen LogP contribution is 2.35. The molecule has 1 aromatic rings. The zero-order chi connectivity index (χ0) is 18.7. The summed E-state index contributed by atoms with van der Waals surface area (Å²) in [6.45, 7) is 2.77. The van der Waals surface area contributed by atoms with E-state index in [0.717, 1.165) is 19.3 Å². The summed E-state index contributed by atoms with van der Waals surface area (Å²) in [6, 6.07) is 4.87. The Labute approximate surface area is 163 Å². The van der Waals surface area contributed by atoms with Gasteiger partial charge in [-0.15, -0.1) is 0 Å². The molecule has 2 N–H and O–H groups in total. The van der Waals surface area contributed by atoms with Crippen molar-refractivity contribution in [2.24, 2.45) is 4.99 Å². The zero-order valence-electron chi connectivity index (χ0n) is 14.5. The lowest BCUT2D eigenvalue weighted by molar-refractivity contribution is 0.0953. The van der Waals surface area contributed by atoms with Gasteiger partial charge in [0.1, 0.15) is 0 Å². The molecule has 2 aliphatic heterocycles. The van der Waals surface area contributed by atoms with Crippen molar-refractivity contribution in [2.45, 2.75) is 37.5 Å². The number of hydrogen-bond acceptors (Lipinski definition) is 6. The van der Waals surface area contributed by atoms with Crippen molar-refractivity contribution in [3.05, 3.63) is 28.8 Å². The molecule has 1 saturated heterocycles. The number of aliphatic imine (C=N–C) groups is 1. The van der Waals surface area contributed by atoms with Crippen molar-refractivity contribution >= 4 is 50.0 Å². The number of amides is 1. The number of carbonyl (C=O) groups is 1. The molecule has 0 radical (unpaired) electrons. The second kappa shape index (κ2) is 8.19. The van der Waals surface area contributed by atoms with E-state index in [1.165, 1.54) is 11.8 Å². The molecule has 0 spiro atoms. The maximum atomic E-state index is 12.3. The summed E-state index contributed by atoms with van der Waals surface area (Å²) in [7, 11) is -2.98. The third kappa shape index (κ3) is 4.72. The second-order valence-corrected chi connectivity index (χ2v) is 10.3. The molecule has 2 aliphatic rings. The van der Waals surface area contributed by atoms with Crippen LogP contribution in [0.5, 0.6) is 0 Å². The van der Waals surface area contributed by atoms with Crippen LogP contribution < -0.4 is 10.6 Å². The standard InChI is InChI=1S/C17H22ClN3O3S2/c1-2-3-4-7-19-16(22)11-5-6-12(18)13(8-11)20-17-21-14-9-26(23,24)10-15(14)25-17/h5-6,8,14-15H,2-4,7,9-10H2,1H3,(H,19,22)(H,20,21)/t14-,15-/m1/s1. The van der Waals surface area contributed by atoms with Crippen molar-refractivity contribution < 1.29 is 13.2 Å². The molecular formula is C17H22ClN3O3S2. The minimum atomic E-state index is -2.98. The van der Waals surface area contributed by atoms with E-state index in [4.69, 9.17) is 11.6 Å². The zero-order valence-corrected chi connectivity index (χ0v) is 16.9. The maximum Gasteiger partial charge on any atom is 0.251 e. The third-order valence-electron chi connectivity index (χ3n) is 4.35. The van der Waals surface area contributed by atoms with Gasteiger partial charge in [-0.25, -0.2) is 8.42 Å². The first-order chi connectivity index (χ1) is 12.4. The van der Waals surface area contributed by atoms with Crippen LogP contribution in [0.2, 0.25) is 5.02 Å². The summed E-state index contributed by atoms with van der Waals surface area (Å²) in [6.07, 6.45) is 3.15. The van der Waals surface area contributed by atoms with Gasteiger partial charge in [-0.3, -0.25) is 9.79 Å². The van der Waals surface area contributed by atoms with Gasteiger partial charge in [0.05, 0.1) is 28.3 Å². The Bertz CT molecular complexity index is 827. The number of benzene rings is 1. The number of nitrogens with zero attached hydrogens (tertiary/aromatic N) is 1. The van der Waals surface area contributed by atoms with E-state index in [2.05, 4.69) is 22.5 Å². The van der Waals surface area contributed by atoms with E-state index in [1.54, 1.807) is 18.2 Å². The number of hydrogen-bond donors (Lipinski definition) is 2. The maximum absolute atomic E-state index is 12.3. The SMILES string of the molecule is CCCCCNC(=O)c1ccc(Cl)c(NC2=N[C@@H]3CS(=O)(=O)C[C@H]3S2)c1. The van der Waals surface area contributed by atoms with E-state index in [1.807, 2.05) is 0 Å². The van der Waals surface area contributed by atoms with Crippen molar-refractivity contribution in [1.29, 1.82) is 0 Å². The first-order valence-corrected chi connectivity index (χ1v) is 11.8. The number of amidine groups is 1. The van der Waals surface area contributed by atoms with Gasteiger partial charge in [-0.05, 0) is 24.6 Å². The minimum Gasteiger partial charge on any atom is -0.352 e. The highest BCUT2D eigenvalue weighted by atomic mass is 35.5. The number of rotatable bonds is 6. The van der Waals surface area contributed by atoms with E-state index in [9.17, 15) is 13.2 Å². The lowest BCUT2D eigenvalue weighted by atomic mass is 10.2. The molecule has 1 fully saturated rings. The fraction of sp³-hybridized carbons (Fsp3) is 0.529. The average molecular weight is 416 g/mol. The van der Waals surface area contributed by atoms with Crippen LogP contribution in [0.3, 0.4) is 0 Å². The highest BCUT2D eigenvalue weighted by Gasteiger charge is 2.42. The average Bonchev–Trinajstić information content (AvgIpc) is 3.06. The Balaban J connectivity index is 1.65.